The van der Waals surface area contributed by atoms with Gasteiger partial charge >= 0.3 is 0 Å². The van der Waals surface area contributed by atoms with Crippen molar-refractivity contribution < 1.29 is 9.47 Å². The average Bonchev–Trinajstić information content (AvgIpc) is 3.26. The normalized spacial score (nSPS) is 16.3. The van der Waals surface area contributed by atoms with Gasteiger partial charge in [0, 0.05) is 13.2 Å². The van der Waals surface area contributed by atoms with Gasteiger partial charge in [0.1, 0.15) is 12.4 Å². The zero-order chi connectivity index (χ0) is 13.5. The lowest BCUT2D eigenvalue weighted by Crippen LogP contribution is -2.27. The number of benzene rings is 1. The standard InChI is InChI=1S/C16H25NO2/c1-17-15(13-7-8-13)10-9-14-5-3-4-6-16(14)19-12-11-18-2/h3-6,13,15,17H,7-12H2,1-2H3. The Balaban J connectivity index is 1.87. The van der Waals surface area contributed by atoms with E-state index in [1.54, 1.807) is 7.11 Å². The SMILES string of the molecule is CNC(CCc1ccccc1OCCOC)C1CC1. The molecule has 19 heavy (non-hydrogen) atoms. The molecule has 1 aliphatic rings. The lowest BCUT2D eigenvalue weighted by molar-refractivity contribution is 0.145. The molecule has 1 atom stereocenters. The molecule has 0 aliphatic heterocycles. The molecule has 1 saturated carbocycles. The van der Waals surface area contributed by atoms with Crippen LogP contribution < -0.4 is 10.1 Å². The van der Waals surface area contributed by atoms with Crippen molar-refractivity contribution in [1.29, 1.82) is 0 Å². The predicted octanol–water partition coefficient (Wildman–Crippen LogP) is 2.64. The number of rotatable bonds is 9. The molecule has 0 heterocycles. The van der Waals surface area contributed by atoms with E-state index in [1.165, 1.54) is 24.8 Å². The van der Waals surface area contributed by atoms with E-state index < -0.39 is 0 Å². The molecule has 1 N–H and O–H groups in total. The molecule has 2 rings (SSSR count). The molecule has 1 aromatic rings. The van der Waals surface area contributed by atoms with Crippen molar-refractivity contribution in [3.05, 3.63) is 29.8 Å². The summed E-state index contributed by atoms with van der Waals surface area (Å²) in [7, 11) is 3.77. The van der Waals surface area contributed by atoms with Crippen LogP contribution in [0.2, 0.25) is 0 Å². The Morgan fingerprint density at radius 2 is 2.05 bits per heavy atom. The molecule has 0 saturated heterocycles. The van der Waals surface area contributed by atoms with E-state index in [1.807, 2.05) is 6.07 Å². The summed E-state index contributed by atoms with van der Waals surface area (Å²) in [6.45, 7) is 1.25. The topological polar surface area (TPSA) is 30.5 Å². The van der Waals surface area contributed by atoms with E-state index in [0.29, 0.717) is 19.3 Å². The maximum Gasteiger partial charge on any atom is 0.122 e. The maximum absolute atomic E-state index is 5.77. The van der Waals surface area contributed by atoms with Gasteiger partial charge in [-0.25, -0.2) is 0 Å². The monoisotopic (exact) mass is 263 g/mol. The quantitative estimate of drug-likeness (QED) is 0.695. The van der Waals surface area contributed by atoms with E-state index >= 15 is 0 Å². The Bertz CT molecular complexity index is 377. The van der Waals surface area contributed by atoms with E-state index in [4.69, 9.17) is 9.47 Å². The molecule has 0 spiro atoms. The Hall–Kier alpha value is -1.06. The Morgan fingerprint density at radius 1 is 1.26 bits per heavy atom. The molecule has 0 bridgehead atoms. The van der Waals surface area contributed by atoms with E-state index in [2.05, 4.69) is 30.6 Å². The first-order valence-electron chi connectivity index (χ1n) is 7.22. The molecule has 0 aromatic heterocycles. The summed E-state index contributed by atoms with van der Waals surface area (Å²) >= 11 is 0. The molecular weight excluding hydrogens is 238 g/mol. The smallest absolute Gasteiger partial charge is 0.122 e. The van der Waals surface area contributed by atoms with Crippen molar-refractivity contribution in [2.45, 2.75) is 31.7 Å². The fourth-order valence-electron chi connectivity index (χ4n) is 2.51. The van der Waals surface area contributed by atoms with Gasteiger partial charge in [-0.2, -0.15) is 0 Å². The Labute approximate surface area is 116 Å². The summed E-state index contributed by atoms with van der Waals surface area (Å²) in [6.07, 6.45) is 5.03. The number of ether oxygens (including phenoxy) is 2. The summed E-state index contributed by atoms with van der Waals surface area (Å²) in [5.74, 6) is 1.90. The van der Waals surface area contributed by atoms with Crippen LogP contribution in [0, 0.1) is 5.92 Å². The van der Waals surface area contributed by atoms with Crippen molar-refractivity contribution in [3.8, 4) is 5.75 Å². The molecule has 1 fully saturated rings. The number of aryl methyl sites for hydroxylation is 1. The highest BCUT2D eigenvalue weighted by molar-refractivity contribution is 5.33. The average molecular weight is 263 g/mol. The van der Waals surface area contributed by atoms with Gasteiger partial charge in [0.2, 0.25) is 0 Å². The largest absolute Gasteiger partial charge is 0.491 e. The molecule has 1 unspecified atom stereocenters. The zero-order valence-corrected chi connectivity index (χ0v) is 12.0. The molecule has 0 radical (unpaired) electrons. The molecule has 3 heteroatoms. The van der Waals surface area contributed by atoms with Crippen LogP contribution in [0.25, 0.3) is 0 Å². The first kappa shape index (κ1) is 14.4. The van der Waals surface area contributed by atoms with Crippen LogP contribution in [0.15, 0.2) is 24.3 Å². The highest BCUT2D eigenvalue weighted by atomic mass is 16.5. The third-order valence-corrected chi connectivity index (χ3v) is 3.80. The zero-order valence-electron chi connectivity index (χ0n) is 12.0. The van der Waals surface area contributed by atoms with Crippen molar-refractivity contribution in [1.82, 2.24) is 5.32 Å². The van der Waals surface area contributed by atoms with Crippen LogP contribution in [0.3, 0.4) is 0 Å². The summed E-state index contributed by atoms with van der Waals surface area (Å²) in [5.41, 5.74) is 1.31. The van der Waals surface area contributed by atoms with Crippen LogP contribution in [0.1, 0.15) is 24.8 Å². The van der Waals surface area contributed by atoms with Crippen molar-refractivity contribution in [2.75, 3.05) is 27.4 Å². The third-order valence-electron chi connectivity index (χ3n) is 3.80. The predicted molar refractivity (Wildman–Crippen MR) is 77.7 cm³/mol. The molecule has 0 amide bonds. The van der Waals surface area contributed by atoms with Crippen LogP contribution >= 0.6 is 0 Å². The van der Waals surface area contributed by atoms with Crippen LogP contribution in [0.5, 0.6) is 5.75 Å². The maximum atomic E-state index is 5.77. The lowest BCUT2D eigenvalue weighted by atomic mass is 10.0. The molecule has 3 nitrogen and oxygen atoms in total. The summed E-state index contributed by atoms with van der Waals surface area (Å²) in [5, 5.41) is 3.45. The first-order chi connectivity index (χ1) is 9.35. The number of para-hydroxylation sites is 1. The third kappa shape index (κ3) is 4.51. The van der Waals surface area contributed by atoms with Gasteiger partial charge < -0.3 is 14.8 Å². The lowest BCUT2D eigenvalue weighted by Gasteiger charge is -2.16. The van der Waals surface area contributed by atoms with Crippen molar-refractivity contribution >= 4 is 0 Å². The second-order valence-corrected chi connectivity index (χ2v) is 5.22. The Kier molecular flexibility index (Phi) is 5.67. The molecular formula is C16H25NO2. The van der Waals surface area contributed by atoms with Gasteiger partial charge in [0.25, 0.3) is 0 Å². The summed E-state index contributed by atoms with van der Waals surface area (Å²) in [4.78, 5) is 0. The van der Waals surface area contributed by atoms with Crippen LogP contribution in [-0.2, 0) is 11.2 Å². The Morgan fingerprint density at radius 3 is 2.74 bits per heavy atom. The van der Waals surface area contributed by atoms with Gasteiger partial charge in [-0.15, -0.1) is 0 Å². The number of nitrogens with one attached hydrogen (secondary N) is 1. The van der Waals surface area contributed by atoms with Gasteiger partial charge in [-0.1, -0.05) is 18.2 Å². The van der Waals surface area contributed by atoms with Gasteiger partial charge in [0.05, 0.1) is 6.61 Å². The van der Waals surface area contributed by atoms with E-state index in [0.717, 1.165) is 18.1 Å². The number of methoxy groups -OCH3 is 1. The minimum Gasteiger partial charge on any atom is -0.491 e. The van der Waals surface area contributed by atoms with Crippen molar-refractivity contribution in [2.24, 2.45) is 5.92 Å². The minimum absolute atomic E-state index is 0.617. The van der Waals surface area contributed by atoms with Gasteiger partial charge in [-0.3, -0.25) is 0 Å². The minimum atomic E-state index is 0.617. The second-order valence-electron chi connectivity index (χ2n) is 5.22. The van der Waals surface area contributed by atoms with Crippen LogP contribution in [0.4, 0.5) is 0 Å². The second kappa shape index (κ2) is 7.51. The highest BCUT2D eigenvalue weighted by Gasteiger charge is 2.29. The van der Waals surface area contributed by atoms with Gasteiger partial charge in [-0.05, 0) is 50.3 Å². The molecule has 1 aliphatic carbocycles. The van der Waals surface area contributed by atoms with E-state index in [9.17, 15) is 0 Å². The fraction of sp³-hybridized carbons (Fsp3) is 0.625. The number of hydrogen-bond acceptors (Lipinski definition) is 3. The fourth-order valence-corrected chi connectivity index (χ4v) is 2.51. The summed E-state index contributed by atoms with van der Waals surface area (Å²) < 4.78 is 10.8. The van der Waals surface area contributed by atoms with Crippen molar-refractivity contribution in [3.63, 3.8) is 0 Å². The highest BCUT2D eigenvalue weighted by Crippen LogP contribution is 2.34. The van der Waals surface area contributed by atoms with E-state index in [-0.39, 0.29) is 0 Å². The first-order valence-corrected chi connectivity index (χ1v) is 7.22. The summed E-state index contributed by atoms with van der Waals surface area (Å²) in [6, 6.07) is 9.00. The van der Waals surface area contributed by atoms with Crippen LogP contribution in [-0.4, -0.2) is 33.4 Å². The molecule has 1 aromatic carbocycles. The molecule has 106 valence electrons. The van der Waals surface area contributed by atoms with Gasteiger partial charge in [0.15, 0.2) is 0 Å². The number of hydrogen-bond donors (Lipinski definition) is 1.